The number of ether oxygens (including phenoxy) is 1. The Labute approximate surface area is 99.1 Å². The third kappa shape index (κ3) is 9.08. The van der Waals surface area contributed by atoms with Crippen molar-refractivity contribution in [2.75, 3.05) is 58.4 Å². The number of nitrogens with one attached hydrogen (secondary N) is 1. The molecule has 0 spiro atoms. The fourth-order valence-electron chi connectivity index (χ4n) is 1.12. The quantitative estimate of drug-likeness (QED) is 0.536. The number of nitrogens with zero attached hydrogens (tertiary/aromatic N) is 1. The zero-order chi connectivity index (χ0) is 12.4. The van der Waals surface area contributed by atoms with Gasteiger partial charge in [-0.05, 0) is 7.05 Å². The normalized spacial score (nSPS) is 12.2. The van der Waals surface area contributed by atoms with E-state index in [2.05, 4.69) is 5.32 Å². The van der Waals surface area contributed by atoms with E-state index in [4.69, 9.17) is 4.74 Å². The highest BCUT2D eigenvalue weighted by atomic mass is 32.2. The number of rotatable bonds is 10. The first-order chi connectivity index (χ1) is 7.52. The zero-order valence-electron chi connectivity index (χ0n) is 10.5. The van der Waals surface area contributed by atoms with Gasteiger partial charge < -0.3 is 15.0 Å². The van der Waals surface area contributed by atoms with E-state index in [0.717, 1.165) is 19.6 Å². The first-order valence-corrected chi connectivity index (χ1v) is 7.42. The summed E-state index contributed by atoms with van der Waals surface area (Å²) in [5.74, 6) is 0.477. The highest BCUT2D eigenvalue weighted by Gasteiger charge is 2.08. The average molecular weight is 252 g/mol. The molecule has 1 N–H and O–H groups in total. The van der Waals surface area contributed by atoms with Crippen LogP contribution in [0.15, 0.2) is 0 Å². The molecule has 98 valence electrons. The highest BCUT2D eigenvalue weighted by Crippen LogP contribution is 1.91. The van der Waals surface area contributed by atoms with E-state index in [1.165, 1.54) is 0 Å². The molecule has 5 nitrogen and oxygen atoms in total. The molecule has 16 heavy (non-hydrogen) atoms. The molecule has 0 heterocycles. The molecule has 6 heteroatoms. The summed E-state index contributed by atoms with van der Waals surface area (Å²) in [5, 5.41) is 3.21. The minimum Gasteiger partial charge on any atom is -0.383 e. The summed E-state index contributed by atoms with van der Waals surface area (Å²) in [6, 6.07) is 0. The molecule has 0 fully saturated rings. The van der Waals surface area contributed by atoms with Gasteiger partial charge >= 0.3 is 0 Å². The van der Waals surface area contributed by atoms with Crippen LogP contribution in [-0.2, 0) is 14.6 Å². The van der Waals surface area contributed by atoms with Gasteiger partial charge in [0.05, 0.1) is 12.4 Å². The Hall–Kier alpha value is -0.170. The number of likely N-dealkylation sites (N-methyl/N-ethyl adjacent to an activating group) is 1. The summed E-state index contributed by atoms with van der Waals surface area (Å²) >= 11 is 0. The van der Waals surface area contributed by atoms with Gasteiger partial charge in [-0.25, -0.2) is 8.42 Å². The third-order valence-corrected chi connectivity index (χ3v) is 4.06. The largest absolute Gasteiger partial charge is 0.383 e. The molecule has 0 aliphatic rings. The molecule has 0 aliphatic heterocycles. The second-order valence-corrected chi connectivity index (χ2v) is 6.26. The lowest BCUT2D eigenvalue weighted by Gasteiger charge is -2.16. The van der Waals surface area contributed by atoms with Gasteiger partial charge in [-0.1, -0.05) is 6.92 Å². The molecule has 0 aromatic rings. The molecule has 0 atom stereocenters. The van der Waals surface area contributed by atoms with E-state index in [1.54, 1.807) is 14.0 Å². The third-order valence-electron chi connectivity index (χ3n) is 2.38. The summed E-state index contributed by atoms with van der Waals surface area (Å²) in [7, 11) is 0.768. The van der Waals surface area contributed by atoms with Crippen molar-refractivity contribution in [3.63, 3.8) is 0 Å². The maximum absolute atomic E-state index is 11.3. The predicted octanol–water partition coefficient (Wildman–Crippen LogP) is -0.411. The van der Waals surface area contributed by atoms with Crippen LogP contribution in [0.5, 0.6) is 0 Å². The second-order valence-electron chi connectivity index (χ2n) is 3.78. The van der Waals surface area contributed by atoms with Gasteiger partial charge in [0.15, 0.2) is 9.84 Å². The van der Waals surface area contributed by atoms with Crippen molar-refractivity contribution >= 4 is 9.84 Å². The minimum absolute atomic E-state index is 0.229. The number of sulfone groups is 1. The monoisotopic (exact) mass is 252 g/mol. The van der Waals surface area contributed by atoms with Gasteiger partial charge in [-0.15, -0.1) is 0 Å². The van der Waals surface area contributed by atoms with E-state index in [-0.39, 0.29) is 11.5 Å². The van der Waals surface area contributed by atoms with Crippen LogP contribution >= 0.6 is 0 Å². The first-order valence-electron chi connectivity index (χ1n) is 5.60. The molecular weight excluding hydrogens is 228 g/mol. The van der Waals surface area contributed by atoms with E-state index >= 15 is 0 Å². The molecule has 0 rings (SSSR count). The molecule has 0 amide bonds. The van der Waals surface area contributed by atoms with Crippen LogP contribution < -0.4 is 5.32 Å². The van der Waals surface area contributed by atoms with Crippen LogP contribution in [0.4, 0.5) is 0 Å². The number of methoxy groups -OCH3 is 1. The SMILES string of the molecule is CCS(=O)(=O)CCN(C)CCNCCOC. The zero-order valence-corrected chi connectivity index (χ0v) is 11.3. The molecule has 0 aromatic heterocycles. The number of hydrogen-bond donors (Lipinski definition) is 1. The summed E-state index contributed by atoms with van der Waals surface area (Å²) < 4.78 is 27.4. The Morgan fingerprint density at radius 3 is 2.50 bits per heavy atom. The van der Waals surface area contributed by atoms with Crippen molar-refractivity contribution in [1.82, 2.24) is 10.2 Å². The van der Waals surface area contributed by atoms with E-state index in [1.807, 2.05) is 11.9 Å². The predicted molar refractivity (Wildman–Crippen MR) is 66.6 cm³/mol. The molecular formula is C10H24N2O3S. The molecule has 0 unspecified atom stereocenters. The maximum atomic E-state index is 11.3. The van der Waals surface area contributed by atoms with Crippen LogP contribution in [0.25, 0.3) is 0 Å². The van der Waals surface area contributed by atoms with Crippen molar-refractivity contribution in [1.29, 1.82) is 0 Å². The maximum Gasteiger partial charge on any atom is 0.151 e. The molecule has 0 radical (unpaired) electrons. The minimum atomic E-state index is -2.84. The summed E-state index contributed by atoms with van der Waals surface area (Å²) in [6.45, 7) is 5.52. The Bertz CT molecular complexity index is 255. The Morgan fingerprint density at radius 1 is 1.25 bits per heavy atom. The highest BCUT2D eigenvalue weighted by molar-refractivity contribution is 7.91. The second kappa shape index (κ2) is 8.92. The smallest absolute Gasteiger partial charge is 0.151 e. The van der Waals surface area contributed by atoms with E-state index in [0.29, 0.717) is 13.2 Å². The van der Waals surface area contributed by atoms with E-state index in [9.17, 15) is 8.42 Å². The Kier molecular flexibility index (Phi) is 8.83. The standard InChI is InChI=1S/C10H24N2O3S/c1-4-16(13,14)10-8-12(2)7-5-11-6-9-15-3/h11H,4-10H2,1-3H3. The summed E-state index contributed by atoms with van der Waals surface area (Å²) in [6.07, 6.45) is 0. The number of hydrogen-bond acceptors (Lipinski definition) is 5. The van der Waals surface area contributed by atoms with Crippen LogP contribution in [0.1, 0.15) is 6.92 Å². The fraction of sp³-hybridized carbons (Fsp3) is 1.00. The molecule has 0 aromatic carbocycles. The van der Waals surface area contributed by atoms with Crippen LogP contribution in [0, 0.1) is 0 Å². The molecule has 0 aliphatic carbocycles. The van der Waals surface area contributed by atoms with Crippen molar-refractivity contribution in [2.45, 2.75) is 6.92 Å². The van der Waals surface area contributed by atoms with Crippen molar-refractivity contribution in [3.8, 4) is 0 Å². The van der Waals surface area contributed by atoms with Crippen molar-refractivity contribution in [3.05, 3.63) is 0 Å². The van der Waals surface area contributed by atoms with Crippen LogP contribution in [0.2, 0.25) is 0 Å². The van der Waals surface area contributed by atoms with Crippen molar-refractivity contribution < 1.29 is 13.2 Å². The Morgan fingerprint density at radius 2 is 1.94 bits per heavy atom. The Balaban J connectivity index is 3.48. The molecule has 0 bridgehead atoms. The van der Waals surface area contributed by atoms with Gasteiger partial charge in [0, 0.05) is 39.0 Å². The van der Waals surface area contributed by atoms with Gasteiger partial charge in [0.1, 0.15) is 0 Å². The lowest BCUT2D eigenvalue weighted by molar-refractivity contribution is 0.198. The van der Waals surface area contributed by atoms with Crippen LogP contribution in [-0.4, -0.2) is 71.8 Å². The van der Waals surface area contributed by atoms with E-state index < -0.39 is 9.84 Å². The molecule has 0 saturated carbocycles. The lowest BCUT2D eigenvalue weighted by Crippen LogP contribution is -2.33. The van der Waals surface area contributed by atoms with Gasteiger partial charge in [0.25, 0.3) is 0 Å². The van der Waals surface area contributed by atoms with Gasteiger partial charge in [0.2, 0.25) is 0 Å². The van der Waals surface area contributed by atoms with Gasteiger partial charge in [-0.3, -0.25) is 0 Å². The van der Waals surface area contributed by atoms with Gasteiger partial charge in [-0.2, -0.15) is 0 Å². The topological polar surface area (TPSA) is 58.6 Å². The first kappa shape index (κ1) is 15.8. The van der Waals surface area contributed by atoms with Crippen LogP contribution in [0.3, 0.4) is 0 Å². The molecule has 0 saturated heterocycles. The summed E-state index contributed by atoms with van der Waals surface area (Å²) in [4.78, 5) is 2.02. The fourth-order valence-corrected chi connectivity index (χ4v) is 2.00. The summed E-state index contributed by atoms with van der Waals surface area (Å²) in [5.41, 5.74) is 0. The van der Waals surface area contributed by atoms with Crippen molar-refractivity contribution in [2.24, 2.45) is 0 Å². The lowest BCUT2D eigenvalue weighted by atomic mass is 10.5. The average Bonchev–Trinajstić information content (AvgIpc) is 2.26.